The molecule has 1 aliphatic rings. The summed E-state index contributed by atoms with van der Waals surface area (Å²) in [7, 11) is -3.12. The maximum Gasteiger partial charge on any atom is 0.181 e. The van der Waals surface area contributed by atoms with E-state index in [9.17, 15) is 8.42 Å². The van der Waals surface area contributed by atoms with Crippen LogP contribution in [-0.2, 0) is 9.84 Å². The molecule has 1 aliphatic carbocycles. The Bertz CT molecular complexity index is 471. The van der Waals surface area contributed by atoms with Gasteiger partial charge in [0.15, 0.2) is 9.84 Å². The second-order valence-electron chi connectivity index (χ2n) is 4.81. The minimum atomic E-state index is -3.12. The number of hydrogen-bond acceptors (Lipinski definition) is 3. The molecule has 0 bridgehead atoms. The first-order valence-electron chi connectivity index (χ1n) is 6.11. The van der Waals surface area contributed by atoms with Crippen molar-refractivity contribution in [2.45, 2.75) is 48.8 Å². The molecule has 0 heterocycles. The van der Waals surface area contributed by atoms with Crippen molar-refractivity contribution in [2.24, 2.45) is 5.73 Å². The van der Waals surface area contributed by atoms with Crippen LogP contribution in [0, 0.1) is 0 Å². The van der Waals surface area contributed by atoms with Crippen LogP contribution < -0.4 is 5.73 Å². The lowest BCUT2D eigenvalue weighted by molar-refractivity contribution is 0.579. The minimum absolute atomic E-state index is 0.0572. The second-order valence-corrected chi connectivity index (χ2v) is 7.04. The maximum absolute atomic E-state index is 12.3. The zero-order valence-electron chi connectivity index (χ0n) is 10.1. The van der Waals surface area contributed by atoms with Gasteiger partial charge in [0.2, 0.25) is 0 Å². The zero-order valence-corrected chi connectivity index (χ0v) is 10.9. The Balaban J connectivity index is 2.27. The van der Waals surface area contributed by atoms with Crippen LogP contribution in [0.25, 0.3) is 0 Å². The molecule has 94 valence electrons. The SMILES string of the molecule is CC(N)c1ccc(S(=O)(=O)C2CCCC2)cc1. The van der Waals surface area contributed by atoms with E-state index in [1.54, 1.807) is 12.1 Å². The van der Waals surface area contributed by atoms with Gasteiger partial charge < -0.3 is 5.73 Å². The van der Waals surface area contributed by atoms with Crippen molar-refractivity contribution in [1.82, 2.24) is 0 Å². The first kappa shape index (κ1) is 12.6. The minimum Gasteiger partial charge on any atom is -0.324 e. The van der Waals surface area contributed by atoms with E-state index >= 15 is 0 Å². The summed E-state index contributed by atoms with van der Waals surface area (Å²) < 4.78 is 24.6. The number of nitrogens with two attached hydrogens (primary N) is 1. The highest BCUT2D eigenvalue weighted by Crippen LogP contribution is 2.29. The molecule has 1 aromatic rings. The first-order valence-corrected chi connectivity index (χ1v) is 7.66. The summed E-state index contributed by atoms with van der Waals surface area (Å²) >= 11 is 0. The van der Waals surface area contributed by atoms with Crippen LogP contribution in [-0.4, -0.2) is 13.7 Å². The average molecular weight is 253 g/mol. The summed E-state index contributed by atoms with van der Waals surface area (Å²) in [6.45, 7) is 1.89. The summed E-state index contributed by atoms with van der Waals surface area (Å²) in [5.41, 5.74) is 6.71. The van der Waals surface area contributed by atoms with E-state index in [1.807, 2.05) is 19.1 Å². The highest BCUT2D eigenvalue weighted by Gasteiger charge is 2.29. The normalized spacial score (nSPS) is 19.4. The topological polar surface area (TPSA) is 60.2 Å². The van der Waals surface area contributed by atoms with Gasteiger partial charge in [-0.25, -0.2) is 8.42 Å². The summed E-state index contributed by atoms with van der Waals surface area (Å²) in [6, 6.07) is 6.94. The molecule has 0 saturated heterocycles. The third kappa shape index (κ3) is 2.53. The standard InChI is InChI=1S/C13H19NO2S/c1-10(14)11-6-8-13(9-7-11)17(15,16)12-4-2-3-5-12/h6-10,12H,2-5,14H2,1H3. The lowest BCUT2D eigenvalue weighted by Gasteiger charge is -2.12. The summed E-state index contributed by atoms with van der Waals surface area (Å²) in [4.78, 5) is 0.439. The van der Waals surface area contributed by atoms with Crippen LogP contribution in [0.15, 0.2) is 29.2 Å². The van der Waals surface area contributed by atoms with Gasteiger partial charge in [0.1, 0.15) is 0 Å². The molecule has 4 heteroatoms. The van der Waals surface area contributed by atoms with Gasteiger partial charge in [-0.2, -0.15) is 0 Å². The molecule has 17 heavy (non-hydrogen) atoms. The quantitative estimate of drug-likeness (QED) is 0.900. The fourth-order valence-corrected chi connectivity index (χ4v) is 4.21. The van der Waals surface area contributed by atoms with Crippen molar-refractivity contribution < 1.29 is 8.42 Å². The predicted octanol–water partition coefficient (Wildman–Crippen LogP) is 2.42. The molecule has 0 aliphatic heterocycles. The van der Waals surface area contributed by atoms with Crippen molar-refractivity contribution in [2.75, 3.05) is 0 Å². The Morgan fingerprint density at radius 1 is 1.18 bits per heavy atom. The average Bonchev–Trinajstić information content (AvgIpc) is 2.83. The monoisotopic (exact) mass is 253 g/mol. The van der Waals surface area contributed by atoms with Gasteiger partial charge in [-0.1, -0.05) is 25.0 Å². The molecule has 1 saturated carbocycles. The first-order chi connectivity index (χ1) is 8.01. The Labute approximate surface area is 103 Å². The molecule has 2 rings (SSSR count). The zero-order chi connectivity index (χ0) is 12.5. The number of hydrogen-bond donors (Lipinski definition) is 1. The Hall–Kier alpha value is -0.870. The molecule has 2 N–H and O–H groups in total. The maximum atomic E-state index is 12.3. The van der Waals surface area contributed by atoms with Gasteiger partial charge >= 0.3 is 0 Å². The number of rotatable bonds is 3. The molecule has 0 aromatic heterocycles. The number of sulfone groups is 1. The molecule has 1 unspecified atom stereocenters. The van der Waals surface area contributed by atoms with Crippen molar-refractivity contribution in [3.05, 3.63) is 29.8 Å². The van der Waals surface area contributed by atoms with Crippen molar-refractivity contribution in [3.8, 4) is 0 Å². The molecule has 0 radical (unpaired) electrons. The predicted molar refractivity (Wildman–Crippen MR) is 68.5 cm³/mol. The molecular weight excluding hydrogens is 234 g/mol. The van der Waals surface area contributed by atoms with Crippen LogP contribution in [0.2, 0.25) is 0 Å². The van der Waals surface area contributed by atoms with E-state index in [1.165, 1.54) is 0 Å². The Morgan fingerprint density at radius 3 is 2.18 bits per heavy atom. The number of benzene rings is 1. The molecule has 0 spiro atoms. The molecule has 1 atom stereocenters. The van der Waals surface area contributed by atoms with Gasteiger partial charge in [-0.05, 0) is 37.5 Å². The van der Waals surface area contributed by atoms with Crippen LogP contribution in [0.4, 0.5) is 0 Å². The van der Waals surface area contributed by atoms with E-state index in [-0.39, 0.29) is 11.3 Å². The van der Waals surface area contributed by atoms with Gasteiger partial charge in [0, 0.05) is 6.04 Å². The molecule has 1 aromatic carbocycles. The van der Waals surface area contributed by atoms with Gasteiger partial charge in [-0.15, -0.1) is 0 Å². The van der Waals surface area contributed by atoms with E-state index in [2.05, 4.69) is 0 Å². The van der Waals surface area contributed by atoms with Crippen molar-refractivity contribution >= 4 is 9.84 Å². The van der Waals surface area contributed by atoms with Gasteiger partial charge in [0.25, 0.3) is 0 Å². The van der Waals surface area contributed by atoms with E-state index in [0.29, 0.717) is 4.90 Å². The molecule has 0 amide bonds. The van der Waals surface area contributed by atoms with Crippen molar-refractivity contribution in [3.63, 3.8) is 0 Å². The third-order valence-electron chi connectivity index (χ3n) is 3.48. The van der Waals surface area contributed by atoms with E-state index in [0.717, 1.165) is 31.2 Å². The second kappa shape index (κ2) is 4.78. The van der Waals surface area contributed by atoms with E-state index in [4.69, 9.17) is 5.73 Å². The summed E-state index contributed by atoms with van der Waals surface area (Å²) in [5, 5.41) is -0.177. The van der Waals surface area contributed by atoms with Crippen LogP contribution in [0.1, 0.15) is 44.2 Å². The smallest absolute Gasteiger partial charge is 0.181 e. The van der Waals surface area contributed by atoms with Crippen LogP contribution >= 0.6 is 0 Å². The fraction of sp³-hybridized carbons (Fsp3) is 0.538. The van der Waals surface area contributed by atoms with Crippen molar-refractivity contribution in [1.29, 1.82) is 0 Å². The van der Waals surface area contributed by atoms with Gasteiger partial charge in [-0.3, -0.25) is 0 Å². The molecule has 3 nitrogen and oxygen atoms in total. The highest BCUT2D eigenvalue weighted by molar-refractivity contribution is 7.92. The summed E-state index contributed by atoms with van der Waals surface area (Å²) in [5.74, 6) is 0. The summed E-state index contributed by atoms with van der Waals surface area (Å²) in [6.07, 6.45) is 3.67. The fourth-order valence-electron chi connectivity index (χ4n) is 2.35. The Kier molecular flexibility index (Phi) is 3.54. The molecule has 1 fully saturated rings. The molecular formula is C13H19NO2S. The van der Waals surface area contributed by atoms with Gasteiger partial charge in [0.05, 0.1) is 10.1 Å². The Morgan fingerprint density at radius 2 is 1.71 bits per heavy atom. The highest BCUT2D eigenvalue weighted by atomic mass is 32.2. The largest absolute Gasteiger partial charge is 0.324 e. The van der Waals surface area contributed by atoms with E-state index < -0.39 is 9.84 Å². The lowest BCUT2D eigenvalue weighted by Crippen LogP contribution is -2.17. The van der Waals surface area contributed by atoms with Crippen LogP contribution in [0.5, 0.6) is 0 Å². The third-order valence-corrected chi connectivity index (χ3v) is 5.75. The lowest BCUT2D eigenvalue weighted by atomic mass is 10.1. The van der Waals surface area contributed by atoms with Crippen LogP contribution in [0.3, 0.4) is 0 Å².